The normalized spacial score (nSPS) is 17.5. The number of rotatable bonds is 4. The van der Waals surface area contributed by atoms with Gasteiger partial charge in [0, 0.05) is 49.7 Å². The molecule has 2 aromatic carbocycles. The van der Waals surface area contributed by atoms with E-state index in [-0.39, 0.29) is 0 Å². The first-order valence-corrected chi connectivity index (χ1v) is 9.20. The van der Waals surface area contributed by atoms with E-state index in [1.165, 1.54) is 5.69 Å². The van der Waals surface area contributed by atoms with Crippen molar-refractivity contribution in [2.24, 2.45) is 5.41 Å². The Kier molecular flexibility index (Phi) is 3.50. The van der Waals surface area contributed by atoms with Crippen molar-refractivity contribution in [2.75, 3.05) is 36.0 Å². The van der Waals surface area contributed by atoms with E-state index in [0.717, 1.165) is 37.6 Å². The van der Waals surface area contributed by atoms with Gasteiger partial charge in [-0.2, -0.15) is 0 Å². The molecule has 5 heteroatoms. The first-order chi connectivity index (χ1) is 13.2. The molecule has 27 heavy (non-hydrogen) atoms. The standard InChI is InChI=1S/C22H21N3O2/c26-21(27)18-9-6-10-19(20(18)23-11-4-5-12-23)25-15-22(16-25)13-24(14-22)17-7-2-1-3-8-17/h1-12H,13-16H2,(H,26,27). The molecule has 0 atom stereocenters. The fourth-order valence-corrected chi connectivity index (χ4v) is 4.43. The van der Waals surface area contributed by atoms with Crippen molar-refractivity contribution in [1.82, 2.24) is 4.57 Å². The maximum atomic E-state index is 11.8. The lowest BCUT2D eigenvalue weighted by molar-refractivity contribution is 0.0697. The van der Waals surface area contributed by atoms with Crippen molar-refractivity contribution in [2.45, 2.75) is 0 Å². The van der Waals surface area contributed by atoms with Gasteiger partial charge in [-0.3, -0.25) is 0 Å². The average Bonchev–Trinajstić information content (AvgIpc) is 3.14. The van der Waals surface area contributed by atoms with Gasteiger partial charge in [-0.1, -0.05) is 24.3 Å². The average molecular weight is 359 g/mol. The number of anilines is 2. The van der Waals surface area contributed by atoms with Crippen molar-refractivity contribution in [1.29, 1.82) is 0 Å². The van der Waals surface area contributed by atoms with Gasteiger partial charge in [0.2, 0.25) is 0 Å². The van der Waals surface area contributed by atoms with Crippen LogP contribution in [0.2, 0.25) is 0 Å². The van der Waals surface area contributed by atoms with Crippen molar-refractivity contribution in [3.05, 3.63) is 78.6 Å². The smallest absolute Gasteiger partial charge is 0.337 e. The SMILES string of the molecule is O=C(O)c1cccc(N2CC3(CN(c4ccccc4)C3)C2)c1-n1cccc1. The zero-order valence-corrected chi connectivity index (χ0v) is 15.0. The molecular formula is C22H21N3O2. The van der Waals surface area contributed by atoms with E-state index in [2.05, 4.69) is 34.1 Å². The molecule has 0 saturated carbocycles. The highest BCUT2D eigenvalue weighted by Crippen LogP contribution is 2.45. The van der Waals surface area contributed by atoms with Crippen LogP contribution in [0.3, 0.4) is 0 Å². The molecule has 0 amide bonds. The van der Waals surface area contributed by atoms with Gasteiger partial charge in [0.15, 0.2) is 0 Å². The predicted molar refractivity (Wildman–Crippen MR) is 106 cm³/mol. The van der Waals surface area contributed by atoms with Crippen LogP contribution < -0.4 is 9.80 Å². The summed E-state index contributed by atoms with van der Waals surface area (Å²) in [7, 11) is 0. The van der Waals surface area contributed by atoms with Crippen LogP contribution in [-0.2, 0) is 0 Å². The predicted octanol–water partition coefficient (Wildman–Crippen LogP) is 3.50. The minimum absolute atomic E-state index is 0.322. The molecule has 2 fully saturated rings. The van der Waals surface area contributed by atoms with Crippen LogP contribution in [0.25, 0.3) is 5.69 Å². The minimum Gasteiger partial charge on any atom is -0.478 e. The number of para-hydroxylation sites is 2. The lowest BCUT2D eigenvalue weighted by atomic mass is 9.72. The molecule has 5 nitrogen and oxygen atoms in total. The van der Waals surface area contributed by atoms with E-state index in [1.54, 1.807) is 6.07 Å². The molecule has 3 heterocycles. The Morgan fingerprint density at radius 1 is 0.815 bits per heavy atom. The third-order valence-corrected chi connectivity index (χ3v) is 5.67. The van der Waals surface area contributed by atoms with Crippen molar-refractivity contribution in [3.63, 3.8) is 0 Å². The van der Waals surface area contributed by atoms with E-state index in [4.69, 9.17) is 0 Å². The van der Waals surface area contributed by atoms with E-state index < -0.39 is 5.97 Å². The van der Waals surface area contributed by atoms with Crippen LogP contribution in [0.1, 0.15) is 10.4 Å². The molecule has 0 radical (unpaired) electrons. The molecule has 0 bridgehead atoms. The molecule has 1 aromatic heterocycles. The zero-order valence-electron chi connectivity index (χ0n) is 15.0. The summed E-state index contributed by atoms with van der Waals surface area (Å²) in [6, 6.07) is 19.9. The van der Waals surface area contributed by atoms with Crippen LogP contribution >= 0.6 is 0 Å². The quantitative estimate of drug-likeness (QED) is 0.775. The summed E-state index contributed by atoms with van der Waals surface area (Å²) in [6.07, 6.45) is 3.81. The van der Waals surface area contributed by atoms with Crippen LogP contribution in [0.4, 0.5) is 11.4 Å². The number of hydrogen-bond donors (Lipinski definition) is 1. The van der Waals surface area contributed by atoms with Gasteiger partial charge < -0.3 is 19.5 Å². The van der Waals surface area contributed by atoms with Crippen LogP contribution in [0.15, 0.2) is 73.1 Å². The minimum atomic E-state index is -0.894. The highest BCUT2D eigenvalue weighted by atomic mass is 16.4. The molecule has 0 aliphatic carbocycles. The summed E-state index contributed by atoms with van der Waals surface area (Å²) >= 11 is 0. The fraction of sp³-hybridized carbons (Fsp3) is 0.227. The molecule has 3 aromatic rings. The molecule has 1 N–H and O–H groups in total. The second kappa shape index (κ2) is 5.91. The van der Waals surface area contributed by atoms with E-state index in [1.807, 2.05) is 47.3 Å². The maximum Gasteiger partial charge on any atom is 0.337 e. The summed E-state index contributed by atoms with van der Waals surface area (Å²) in [4.78, 5) is 16.5. The number of carboxylic acids is 1. The molecule has 5 rings (SSSR count). The first kappa shape index (κ1) is 16.0. The Morgan fingerprint density at radius 2 is 1.48 bits per heavy atom. The highest BCUT2D eigenvalue weighted by molar-refractivity contribution is 5.95. The van der Waals surface area contributed by atoms with Gasteiger partial charge in [0.05, 0.1) is 16.9 Å². The number of aromatic nitrogens is 1. The summed E-state index contributed by atoms with van der Waals surface area (Å²) in [5, 5.41) is 9.64. The highest BCUT2D eigenvalue weighted by Gasteiger charge is 2.52. The zero-order chi connectivity index (χ0) is 18.4. The summed E-state index contributed by atoms with van der Waals surface area (Å²) in [6.45, 7) is 4.05. The summed E-state index contributed by atoms with van der Waals surface area (Å²) in [5.41, 5.74) is 3.69. The van der Waals surface area contributed by atoms with Crippen LogP contribution in [-0.4, -0.2) is 41.8 Å². The lowest BCUT2D eigenvalue weighted by Crippen LogP contribution is -2.72. The molecule has 136 valence electrons. The van der Waals surface area contributed by atoms with Gasteiger partial charge in [-0.15, -0.1) is 0 Å². The number of carboxylic acid groups (broad SMARTS) is 1. The Morgan fingerprint density at radius 3 is 2.15 bits per heavy atom. The molecule has 2 saturated heterocycles. The van der Waals surface area contributed by atoms with E-state index in [0.29, 0.717) is 11.0 Å². The van der Waals surface area contributed by atoms with Crippen LogP contribution in [0, 0.1) is 5.41 Å². The first-order valence-electron chi connectivity index (χ1n) is 9.20. The lowest BCUT2D eigenvalue weighted by Gasteiger charge is -2.61. The third-order valence-electron chi connectivity index (χ3n) is 5.67. The summed E-state index contributed by atoms with van der Waals surface area (Å²) in [5.74, 6) is -0.894. The third kappa shape index (κ3) is 2.58. The molecule has 2 aliphatic heterocycles. The topological polar surface area (TPSA) is 48.7 Å². The Hall–Kier alpha value is -3.21. The van der Waals surface area contributed by atoms with Gasteiger partial charge in [0.1, 0.15) is 0 Å². The monoisotopic (exact) mass is 359 g/mol. The van der Waals surface area contributed by atoms with Gasteiger partial charge >= 0.3 is 5.97 Å². The second-order valence-electron chi connectivity index (χ2n) is 7.62. The van der Waals surface area contributed by atoms with Gasteiger partial charge in [-0.25, -0.2) is 4.79 Å². The van der Waals surface area contributed by atoms with E-state index in [9.17, 15) is 9.90 Å². The van der Waals surface area contributed by atoms with Gasteiger partial charge in [-0.05, 0) is 36.4 Å². The Bertz CT molecular complexity index is 968. The number of carbonyl (C=O) groups is 1. The molecule has 2 aliphatic rings. The molecule has 0 unspecified atom stereocenters. The number of aromatic carboxylic acids is 1. The number of hydrogen-bond acceptors (Lipinski definition) is 3. The van der Waals surface area contributed by atoms with Gasteiger partial charge in [0.25, 0.3) is 0 Å². The molecular weight excluding hydrogens is 338 g/mol. The Balaban J connectivity index is 1.37. The van der Waals surface area contributed by atoms with E-state index >= 15 is 0 Å². The number of nitrogens with zero attached hydrogens (tertiary/aromatic N) is 3. The summed E-state index contributed by atoms with van der Waals surface area (Å²) < 4.78 is 1.90. The van der Waals surface area contributed by atoms with Crippen molar-refractivity contribution in [3.8, 4) is 5.69 Å². The largest absolute Gasteiger partial charge is 0.478 e. The molecule has 1 spiro atoms. The number of benzene rings is 2. The van der Waals surface area contributed by atoms with Crippen molar-refractivity contribution >= 4 is 17.3 Å². The van der Waals surface area contributed by atoms with Crippen molar-refractivity contribution < 1.29 is 9.90 Å². The Labute approximate surface area is 158 Å². The second-order valence-corrected chi connectivity index (χ2v) is 7.62. The maximum absolute atomic E-state index is 11.8. The fourth-order valence-electron chi connectivity index (χ4n) is 4.43. The van der Waals surface area contributed by atoms with Crippen LogP contribution in [0.5, 0.6) is 0 Å².